The van der Waals surface area contributed by atoms with Crippen LogP contribution in [0.15, 0.2) is 34.2 Å². The zero-order valence-electron chi connectivity index (χ0n) is 13.5. The van der Waals surface area contributed by atoms with E-state index in [4.69, 9.17) is 25.6 Å². The molecular weight excluding hydrogens is 378 g/mol. The standard InChI is InChI=1S/C17H14ClN3O4S/c18-11-7-10(8-12-15(11)24-5-2-4-23-12)17(22)19-9-14-20-16(21-25-14)13-3-1-6-26-13/h1,3,6-8H,2,4-5,9H2,(H,19,22). The van der Waals surface area contributed by atoms with Gasteiger partial charge in [0.05, 0.1) is 29.7 Å². The maximum absolute atomic E-state index is 12.4. The minimum atomic E-state index is -0.321. The number of hydrogen-bond donors (Lipinski definition) is 1. The van der Waals surface area contributed by atoms with Gasteiger partial charge in [0.1, 0.15) is 0 Å². The molecule has 0 aliphatic carbocycles. The number of fused-ring (bicyclic) bond motifs is 1. The number of ether oxygens (including phenoxy) is 2. The molecule has 0 fully saturated rings. The van der Waals surface area contributed by atoms with Gasteiger partial charge < -0.3 is 19.3 Å². The van der Waals surface area contributed by atoms with Crippen LogP contribution in [0.25, 0.3) is 10.7 Å². The Hall–Kier alpha value is -2.58. The quantitative estimate of drug-likeness (QED) is 0.732. The smallest absolute Gasteiger partial charge is 0.251 e. The largest absolute Gasteiger partial charge is 0.489 e. The van der Waals surface area contributed by atoms with Crippen molar-refractivity contribution >= 4 is 28.8 Å². The number of carbonyl (C=O) groups is 1. The molecule has 26 heavy (non-hydrogen) atoms. The number of nitrogens with zero attached hydrogens (tertiary/aromatic N) is 2. The molecule has 3 aromatic rings. The Kier molecular flexibility index (Phi) is 4.77. The maximum atomic E-state index is 12.4. The molecule has 2 aromatic heterocycles. The normalized spacial score (nSPS) is 13.3. The molecule has 1 N–H and O–H groups in total. The SMILES string of the molecule is O=C(NCc1nc(-c2cccs2)no1)c1cc(Cl)c2c(c1)OCCCO2. The molecule has 1 aliphatic heterocycles. The predicted molar refractivity (Wildman–Crippen MR) is 95.8 cm³/mol. The van der Waals surface area contributed by atoms with Crippen LogP contribution in [0.1, 0.15) is 22.7 Å². The number of aromatic nitrogens is 2. The molecule has 1 aliphatic rings. The average molecular weight is 392 g/mol. The Bertz CT molecular complexity index is 926. The summed E-state index contributed by atoms with van der Waals surface area (Å²) in [6.07, 6.45) is 0.760. The van der Waals surface area contributed by atoms with Crippen molar-refractivity contribution in [2.75, 3.05) is 13.2 Å². The van der Waals surface area contributed by atoms with Gasteiger partial charge in [-0.2, -0.15) is 4.98 Å². The van der Waals surface area contributed by atoms with E-state index in [2.05, 4.69) is 15.5 Å². The molecule has 1 aromatic carbocycles. The van der Waals surface area contributed by atoms with E-state index in [0.29, 0.717) is 47.0 Å². The summed E-state index contributed by atoms with van der Waals surface area (Å²) >= 11 is 7.73. The molecular formula is C17H14ClN3O4S. The molecule has 3 heterocycles. The highest BCUT2D eigenvalue weighted by Gasteiger charge is 2.19. The topological polar surface area (TPSA) is 86.5 Å². The summed E-state index contributed by atoms with van der Waals surface area (Å²) in [6.45, 7) is 1.16. The number of thiophene rings is 1. The van der Waals surface area contributed by atoms with E-state index in [9.17, 15) is 4.79 Å². The average Bonchev–Trinajstić information content (AvgIpc) is 3.27. The van der Waals surface area contributed by atoms with Gasteiger partial charge in [0.15, 0.2) is 11.5 Å². The first-order valence-corrected chi connectivity index (χ1v) is 9.20. The molecule has 0 saturated heterocycles. The van der Waals surface area contributed by atoms with Crippen molar-refractivity contribution in [3.05, 3.63) is 46.1 Å². The highest BCUT2D eigenvalue weighted by molar-refractivity contribution is 7.13. The van der Waals surface area contributed by atoms with Gasteiger partial charge in [-0.05, 0) is 23.6 Å². The van der Waals surface area contributed by atoms with Gasteiger partial charge in [-0.15, -0.1) is 11.3 Å². The van der Waals surface area contributed by atoms with Crippen LogP contribution in [-0.2, 0) is 6.54 Å². The summed E-state index contributed by atoms with van der Waals surface area (Å²) in [4.78, 5) is 17.6. The van der Waals surface area contributed by atoms with Gasteiger partial charge in [-0.25, -0.2) is 0 Å². The lowest BCUT2D eigenvalue weighted by atomic mass is 10.2. The second kappa shape index (κ2) is 7.35. The van der Waals surface area contributed by atoms with Crippen LogP contribution >= 0.6 is 22.9 Å². The molecule has 0 bridgehead atoms. The monoisotopic (exact) mass is 391 g/mol. The van der Waals surface area contributed by atoms with Gasteiger partial charge in [-0.3, -0.25) is 4.79 Å². The highest BCUT2D eigenvalue weighted by Crippen LogP contribution is 2.38. The van der Waals surface area contributed by atoms with Crippen molar-refractivity contribution < 1.29 is 18.8 Å². The highest BCUT2D eigenvalue weighted by atomic mass is 35.5. The van der Waals surface area contributed by atoms with Crippen LogP contribution in [0.4, 0.5) is 0 Å². The van der Waals surface area contributed by atoms with E-state index < -0.39 is 0 Å². The second-order valence-electron chi connectivity index (χ2n) is 5.51. The van der Waals surface area contributed by atoms with Crippen molar-refractivity contribution in [2.45, 2.75) is 13.0 Å². The Morgan fingerprint density at radius 2 is 2.19 bits per heavy atom. The molecule has 0 saturated carbocycles. The van der Waals surface area contributed by atoms with Crippen LogP contribution in [0.3, 0.4) is 0 Å². The Balaban J connectivity index is 1.45. The van der Waals surface area contributed by atoms with E-state index in [-0.39, 0.29) is 12.5 Å². The van der Waals surface area contributed by atoms with E-state index in [1.165, 1.54) is 11.3 Å². The molecule has 0 radical (unpaired) electrons. The number of halogens is 1. The lowest BCUT2D eigenvalue weighted by Crippen LogP contribution is -2.23. The lowest BCUT2D eigenvalue weighted by Gasteiger charge is -2.11. The molecule has 7 nitrogen and oxygen atoms in total. The van der Waals surface area contributed by atoms with E-state index in [1.54, 1.807) is 12.1 Å². The van der Waals surface area contributed by atoms with E-state index in [1.807, 2.05) is 17.5 Å². The third-order valence-corrected chi connectivity index (χ3v) is 4.82. The zero-order chi connectivity index (χ0) is 17.9. The first kappa shape index (κ1) is 16.9. The minimum Gasteiger partial charge on any atom is -0.489 e. The molecule has 0 unspecified atom stereocenters. The molecule has 9 heteroatoms. The van der Waals surface area contributed by atoms with Crippen LogP contribution in [0.2, 0.25) is 5.02 Å². The second-order valence-corrected chi connectivity index (χ2v) is 6.86. The molecule has 0 atom stereocenters. The Morgan fingerprint density at radius 1 is 1.31 bits per heavy atom. The van der Waals surface area contributed by atoms with E-state index in [0.717, 1.165) is 11.3 Å². The number of benzene rings is 1. The van der Waals surface area contributed by atoms with Crippen molar-refractivity contribution in [3.8, 4) is 22.2 Å². The number of hydrogen-bond acceptors (Lipinski definition) is 7. The van der Waals surface area contributed by atoms with Crippen molar-refractivity contribution in [1.29, 1.82) is 0 Å². The Morgan fingerprint density at radius 3 is 3.04 bits per heavy atom. The fourth-order valence-electron chi connectivity index (χ4n) is 2.45. The third-order valence-electron chi connectivity index (χ3n) is 3.67. The summed E-state index contributed by atoms with van der Waals surface area (Å²) < 4.78 is 16.3. The third kappa shape index (κ3) is 3.51. The van der Waals surface area contributed by atoms with E-state index >= 15 is 0 Å². The summed E-state index contributed by atoms with van der Waals surface area (Å²) in [5, 5.41) is 8.92. The molecule has 4 rings (SSSR count). The fraction of sp³-hybridized carbons (Fsp3) is 0.235. The molecule has 134 valence electrons. The van der Waals surface area contributed by atoms with Gasteiger partial charge in [0, 0.05) is 12.0 Å². The van der Waals surface area contributed by atoms with Crippen LogP contribution < -0.4 is 14.8 Å². The van der Waals surface area contributed by atoms with Crippen molar-refractivity contribution in [2.24, 2.45) is 0 Å². The summed E-state index contributed by atoms with van der Waals surface area (Å²) in [6, 6.07) is 6.98. The first-order chi connectivity index (χ1) is 12.7. The van der Waals surface area contributed by atoms with Gasteiger partial charge in [-0.1, -0.05) is 22.8 Å². The lowest BCUT2D eigenvalue weighted by molar-refractivity contribution is 0.0946. The molecule has 1 amide bonds. The fourth-order valence-corrected chi connectivity index (χ4v) is 3.37. The van der Waals surface area contributed by atoms with Crippen molar-refractivity contribution in [3.63, 3.8) is 0 Å². The number of amides is 1. The first-order valence-electron chi connectivity index (χ1n) is 7.94. The summed E-state index contributed by atoms with van der Waals surface area (Å²) in [5.41, 5.74) is 0.372. The Labute approximate surface area is 157 Å². The van der Waals surface area contributed by atoms with Gasteiger partial charge >= 0.3 is 0 Å². The number of nitrogens with one attached hydrogen (secondary N) is 1. The summed E-state index contributed by atoms with van der Waals surface area (Å²) in [7, 11) is 0. The number of carbonyl (C=O) groups excluding carboxylic acids is 1. The van der Waals surface area contributed by atoms with Gasteiger partial charge in [0.2, 0.25) is 11.7 Å². The van der Waals surface area contributed by atoms with Crippen molar-refractivity contribution in [1.82, 2.24) is 15.5 Å². The minimum absolute atomic E-state index is 0.114. The van der Waals surface area contributed by atoms with Crippen LogP contribution in [0.5, 0.6) is 11.5 Å². The maximum Gasteiger partial charge on any atom is 0.251 e. The zero-order valence-corrected chi connectivity index (χ0v) is 15.1. The van der Waals surface area contributed by atoms with Gasteiger partial charge in [0.25, 0.3) is 5.91 Å². The predicted octanol–water partition coefficient (Wildman–Crippen LogP) is 3.54. The molecule has 0 spiro atoms. The number of rotatable bonds is 4. The van der Waals surface area contributed by atoms with Crippen LogP contribution in [-0.4, -0.2) is 29.3 Å². The van der Waals surface area contributed by atoms with Crippen LogP contribution in [0, 0.1) is 0 Å². The summed E-state index contributed by atoms with van der Waals surface area (Å²) in [5.74, 6) is 1.44.